The minimum Gasteiger partial charge on any atom is -0.357 e. The van der Waals surface area contributed by atoms with Gasteiger partial charge in [-0.3, -0.25) is 0 Å². The summed E-state index contributed by atoms with van der Waals surface area (Å²) in [6, 6.07) is 2.16. The van der Waals surface area contributed by atoms with Gasteiger partial charge in [0.15, 0.2) is 0 Å². The van der Waals surface area contributed by atoms with Crippen LogP contribution in [0.1, 0.15) is 39.2 Å². The summed E-state index contributed by atoms with van der Waals surface area (Å²) in [6.07, 6.45) is 6.70. The van der Waals surface area contributed by atoms with E-state index in [9.17, 15) is 0 Å². The van der Waals surface area contributed by atoms with Crippen LogP contribution in [-0.4, -0.2) is 10.1 Å². The molecular weight excluding hydrogens is 172 g/mol. The number of rotatable bonds is 5. The molecule has 0 atom stereocenters. The third-order valence-corrected chi connectivity index (χ3v) is 2.54. The molecule has 0 radical (unpaired) electrons. The van der Waals surface area contributed by atoms with Gasteiger partial charge in [-0.15, -0.1) is 0 Å². The Morgan fingerprint density at radius 2 is 2.14 bits per heavy atom. The fourth-order valence-electron chi connectivity index (χ4n) is 1.72. The normalized spacial score (nSPS) is 12.0. The van der Waals surface area contributed by atoms with Crippen LogP contribution in [0, 0.1) is 0 Å². The highest BCUT2D eigenvalue weighted by Gasteiger charge is 2.14. The number of nitrogens with zero attached hydrogens (tertiary/aromatic N) is 1. The van der Waals surface area contributed by atoms with Gasteiger partial charge >= 0.3 is 0 Å². The third-order valence-electron chi connectivity index (χ3n) is 2.54. The van der Waals surface area contributed by atoms with E-state index in [0.29, 0.717) is 0 Å². The van der Waals surface area contributed by atoms with Crippen molar-refractivity contribution < 1.29 is 0 Å². The monoisotopic (exact) mass is 194 g/mol. The summed E-state index contributed by atoms with van der Waals surface area (Å²) >= 11 is 0. The molecule has 0 aliphatic rings. The topological polar surface area (TPSA) is 17.0 Å². The molecule has 0 amide bonds. The predicted molar refractivity (Wildman–Crippen MR) is 61.2 cm³/mol. The van der Waals surface area contributed by atoms with Gasteiger partial charge in [0, 0.05) is 31.5 Å². The molecule has 0 aromatic carbocycles. The zero-order chi connectivity index (χ0) is 10.6. The van der Waals surface area contributed by atoms with Crippen LogP contribution in [0.4, 0.5) is 0 Å². The molecule has 1 heterocycles. The van der Waals surface area contributed by atoms with E-state index in [1.54, 1.807) is 0 Å². The lowest BCUT2D eigenvalue weighted by Crippen LogP contribution is -2.38. The molecule has 2 nitrogen and oxygen atoms in total. The Kier molecular flexibility index (Phi) is 3.76. The van der Waals surface area contributed by atoms with Crippen molar-refractivity contribution in [3.63, 3.8) is 0 Å². The number of hydrogen-bond donors (Lipinski definition) is 1. The molecule has 80 valence electrons. The molecular formula is C12H22N2. The SMILES string of the molecule is CCCC(C)(C)NCc1ccn(C)c1. The Morgan fingerprint density at radius 3 is 2.64 bits per heavy atom. The molecule has 0 unspecified atom stereocenters. The maximum Gasteiger partial charge on any atom is 0.0225 e. The van der Waals surface area contributed by atoms with E-state index < -0.39 is 0 Å². The summed E-state index contributed by atoms with van der Waals surface area (Å²) < 4.78 is 2.09. The standard InChI is InChI=1S/C12H22N2/c1-5-7-12(2,3)13-9-11-6-8-14(4)10-11/h6,8,10,13H,5,7,9H2,1-4H3. The average Bonchev–Trinajstić information content (AvgIpc) is 2.48. The third kappa shape index (κ3) is 3.54. The van der Waals surface area contributed by atoms with E-state index in [2.05, 4.69) is 56.2 Å². The van der Waals surface area contributed by atoms with Crippen molar-refractivity contribution in [2.75, 3.05) is 0 Å². The van der Waals surface area contributed by atoms with Gasteiger partial charge in [-0.25, -0.2) is 0 Å². The van der Waals surface area contributed by atoms with E-state index in [0.717, 1.165) is 6.54 Å². The molecule has 0 saturated carbocycles. The average molecular weight is 194 g/mol. The van der Waals surface area contributed by atoms with Crippen molar-refractivity contribution in [2.45, 2.75) is 45.7 Å². The predicted octanol–water partition coefficient (Wildman–Crippen LogP) is 2.69. The van der Waals surface area contributed by atoms with Crippen LogP contribution in [0.2, 0.25) is 0 Å². The zero-order valence-electron chi connectivity index (χ0n) is 9.80. The Bertz CT molecular complexity index is 274. The molecule has 0 fully saturated rings. The van der Waals surface area contributed by atoms with Crippen LogP contribution in [0.15, 0.2) is 18.5 Å². The van der Waals surface area contributed by atoms with E-state index in [1.165, 1.54) is 18.4 Å². The number of aryl methyl sites for hydroxylation is 1. The highest BCUT2D eigenvalue weighted by Crippen LogP contribution is 2.12. The summed E-state index contributed by atoms with van der Waals surface area (Å²) in [7, 11) is 2.06. The van der Waals surface area contributed by atoms with Crippen LogP contribution in [-0.2, 0) is 13.6 Å². The van der Waals surface area contributed by atoms with Crippen molar-refractivity contribution >= 4 is 0 Å². The van der Waals surface area contributed by atoms with Gasteiger partial charge in [-0.2, -0.15) is 0 Å². The Balaban J connectivity index is 2.40. The molecule has 14 heavy (non-hydrogen) atoms. The van der Waals surface area contributed by atoms with Crippen LogP contribution in [0.5, 0.6) is 0 Å². The van der Waals surface area contributed by atoms with Crippen LogP contribution in [0.25, 0.3) is 0 Å². The summed E-state index contributed by atoms with van der Waals surface area (Å²) in [5.74, 6) is 0. The quantitative estimate of drug-likeness (QED) is 0.762. The minimum atomic E-state index is 0.255. The second-order valence-electron chi connectivity index (χ2n) is 4.67. The van der Waals surface area contributed by atoms with Crippen molar-refractivity contribution in [1.82, 2.24) is 9.88 Å². The largest absolute Gasteiger partial charge is 0.357 e. The molecule has 0 aliphatic carbocycles. The molecule has 1 rings (SSSR count). The highest BCUT2D eigenvalue weighted by molar-refractivity contribution is 5.09. The highest BCUT2D eigenvalue weighted by atomic mass is 15.0. The molecule has 2 heteroatoms. The van der Waals surface area contributed by atoms with Gasteiger partial charge in [-0.1, -0.05) is 13.3 Å². The first-order valence-corrected chi connectivity index (χ1v) is 5.39. The second kappa shape index (κ2) is 4.65. The van der Waals surface area contributed by atoms with Gasteiger partial charge in [0.2, 0.25) is 0 Å². The van der Waals surface area contributed by atoms with Crippen LogP contribution >= 0.6 is 0 Å². The molecule has 0 saturated heterocycles. The first kappa shape index (κ1) is 11.3. The fraction of sp³-hybridized carbons (Fsp3) is 0.667. The number of aromatic nitrogens is 1. The number of nitrogens with one attached hydrogen (secondary N) is 1. The Labute approximate surface area is 87.3 Å². The summed E-state index contributed by atoms with van der Waals surface area (Å²) in [4.78, 5) is 0. The van der Waals surface area contributed by atoms with Crippen LogP contribution in [0.3, 0.4) is 0 Å². The fourth-order valence-corrected chi connectivity index (χ4v) is 1.72. The molecule has 0 bridgehead atoms. The molecule has 0 spiro atoms. The van der Waals surface area contributed by atoms with Gasteiger partial charge in [0.25, 0.3) is 0 Å². The van der Waals surface area contributed by atoms with Gasteiger partial charge in [0.05, 0.1) is 0 Å². The lowest BCUT2D eigenvalue weighted by Gasteiger charge is -2.25. The number of hydrogen-bond acceptors (Lipinski definition) is 1. The molecule has 1 aromatic heterocycles. The summed E-state index contributed by atoms with van der Waals surface area (Å²) in [5.41, 5.74) is 1.61. The van der Waals surface area contributed by atoms with E-state index in [1.807, 2.05) is 0 Å². The first-order chi connectivity index (χ1) is 6.53. The smallest absolute Gasteiger partial charge is 0.0225 e. The van der Waals surface area contributed by atoms with Crippen LogP contribution < -0.4 is 5.32 Å². The van der Waals surface area contributed by atoms with Crippen molar-refractivity contribution in [1.29, 1.82) is 0 Å². The van der Waals surface area contributed by atoms with E-state index in [-0.39, 0.29) is 5.54 Å². The van der Waals surface area contributed by atoms with Crippen molar-refractivity contribution in [3.05, 3.63) is 24.0 Å². The minimum absolute atomic E-state index is 0.255. The van der Waals surface area contributed by atoms with E-state index in [4.69, 9.17) is 0 Å². The van der Waals surface area contributed by atoms with Crippen molar-refractivity contribution in [2.24, 2.45) is 7.05 Å². The maximum atomic E-state index is 3.58. The lowest BCUT2D eigenvalue weighted by atomic mass is 9.99. The lowest BCUT2D eigenvalue weighted by molar-refractivity contribution is 0.357. The van der Waals surface area contributed by atoms with Gasteiger partial charge in [0.1, 0.15) is 0 Å². The van der Waals surface area contributed by atoms with E-state index >= 15 is 0 Å². The first-order valence-electron chi connectivity index (χ1n) is 5.39. The Hall–Kier alpha value is -0.760. The summed E-state index contributed by atoms with van der Waals surface area (Å²) in [6.45, 7) is 7.72. The van der Waals surface area contributed by atoms with Gasteiger partial charge in [-0.05, 0) is 31.9 Å². The van der Waals surface area contributed by atoms with Crippen molar-refractivity contribution in [3.8, 4) is 0 Å². The second-order valence-corrected chi connectivity index (χ2v) is 4.67. The maximum absolute atomic E-state index is 3.58. The van der Waals surface area contributed by atoms with Gasteiger partial charge < -0.3 is 9.88 Å². The molecule has 1 N–H and O–H groups in total. The Morgan fingerprint density at radius 1 is 1.43 bits per heavy atom. The molecule has 1 aromatic rings. The molecule has 0 aliphatic heterocycles. The summed E-state index contributed by atoms with van der Waals surface area (Å²) in [5, 5.41) is 3.58. The zero-order valence-corrected chi connectivity index (χ0v) is 9.80.